The van der Waals surface area contributed by atoms with Gasteiger partial charge in [-0.3, -0.25) is 0 Å². The summed E-state index contributed by atoms with van der Waals surface area (Å²) in [7, 11) is 0. The van der Waals surface area contributed by atoms with E-state index in [0.29, 0.717) is 0 Å². The zero-order valence-corrected chi connectivity index (χ0v) is 8.38. The molecule has 4 N–H and O–H groups in total. The van der Waals surface area contributed by atoms with Gasteiger partial charge < -0.3 is 16.2 Å². The maximum absolute atomic E-state index is 9.18. The lowest BCUT2D eigenvalue weighted by atomic mass is 10.1. The van der Waals surface area contributed by atoms with Crippen molar-refractivity contribution >= 4 is 11.4 Å². The fourth-order valence-electron chi connectivity index (χ4n) is 1.53. The zero-order chi connectivity index (χ0) is 10.2. The Kier molecular flexibility index (Phi) is 2.11. The fraction of sp³-hybridized carbons (Fsp3) is 0.455. The number of hydrogen-bond donors (Lipinski definition) is 3. The van der Waals surface area contributed by atoms with Crippen LogP contribution in [0, 0.1) is 6.92 Å². The molecule has 3 nitrogen and oxygen atoms in total. The maximum atomic E-state index is 9.18. The molecule has 1 aliphatic carbocycles. The number of hydrogen-bond acceptors (Lipinski definition) is 3. The Morgan fingerprint density at radius 1 is 1.50 bits per heavy atom. The number of aryl methyl sites for hydroxylation is 1. The van der Waals surface area contributed by atoms with Gasteiger partial charge in [-0.25, -0.2) is 0 Å². The summed E-state index contributed by atoms with van der Waals surface area (Å²) in [5.41, 5.74) is 8.60. The van der Waals surface area contributed by atoms with Crippen molar-refractivity contribution in [2.24, 2.45) is 0 Å². The van der Waals surface area contributed by atoms with E-state index in [0.717, 1.165) is 24.2 Å². The molecule has 0 saturated heterocycles. The minimum Gasteiger partial charge on any atom is -0.399 e. The highest BCUT2D eigenvalue weighted by atomic mass is 16.3. The molecule has 0 amide bonds. The average Bonchev–Trinajstić information content (AvgIpc) is 2.92. The van der Waals surface area contributed by atoms with Crippen molar-refractivity contribution in [3.05, 3.63) is 23.8 Å². The summed E-state index contributed by atoms with van der Waals surface area (Å²) in [5, 5.41) is 12.5. The summed E-state index contributed by atoms with van der Waals surface area (Å²) >= 11 is 0. The van der Waals surface area contributed by atoms with Gasteiger partial charge in [-0.2, -0.15) is 0 Å². The second kappa shape index (κ2) is 3.17. The molecule has 1 fully saturated rings. The highest BCUT2D eigenvalue weighted by Crippen LogP contribution is 2.39. The molecule has 1 aliphatic rings. The molecular formula is C11H16N2O. The summed E-state index contributed by atoms with van der Waals surface area (Å²) in [4.78, 5) is 0. The van der Waals surface area contributed by atoms with Crippen molar-refractivity contribution in [2.75, 3.05) is 17.7 Å². The van der Waals surface area contributed by atoms with Crippen molar-refractivity contribution in [1.82, 2.24) is 0 Å². The number of nitrogens with two attached hydrogens (primary N) is 1. The Bertz CT molecular complexity index is 345. The van der Waals surface area contributed by atoms with Gasteiger partial charge in [0.05, 0.1) is 12.1 Å². The Hall–Kier alpha value is -1.22. The minimum absolute atomic E-state index is 0.0709. The Morgan fingerprint density at radius 2 is 2.21 bits per heavy atom. The van der Waals surface area contributed by atoms with E-state index in [9.17, 15) is 5.11 Å². The van der Waals surface area contributed by atoms with E-state index < -0.39 is 0 Å². The molecule has 0 heterocycles. The predicted molar refractivity (Wildman–Crippen MR) is 58.3 cm³/mol. The van der Waals surface area contributed by atoms with Gasteiger partial charge >= 0.3 is 0 Å². The molecule has 0 spiro atoms. The van der Waals surface area contributed by atoms with Crippen LogP contribution in [-0.4, -0.2) is 17.3 Å². The molecule has 1 aromatic rings. The summed E-state index contributed by atoms with van der Waals surface area (Å²) in [6.45, 7) is 2.23. The van der Waals surface area contributed by atoms with Gasteiger partial charge in [0.2, 0.25) is 0 Å². The highest BCUT2D eigenvalue weighted by Gasteiger charge is 2.42. The molecule has 0 atom stereocenters. The topological polar surface area (TPSA) is 58.3 Å². The van der Waals surface area contributed by atoms with Crippen LogP contribution >= 0.6 is 0 Å². The third kappa shape index (κ3) is 1.68. The van der Waals surface area contributed by atoms with Crippen molar-refractivity contribution in [3.63, 3.8) is 0 Å². The van der Waals surface area contributed by atoms with Crippen LogP contribution in [0.2, 0.25) is 0 Å². The third-order valence-corrected chi connectivity index (χ3v) is 2.82. The molecule has 0 aliphatic heterocycles. The molecule has 0 aromatic heterocycles. The van der Waals surface area contributed by atoms with Gasteiger partial charge in [0, 0.05) is 11.4 Å². The van der Waals surface area contributed by atoms with Crippen LogP contribution in [0.25, 0.3) is 0 Å². The number of nitrogens with one attached hydrogen (secondary N) is 1. The monoisotopic (exact) mass is 192 g/mol. The Labute approximate surface area is 83.9 Å². The first-order valence-electron chi connectivity index (χ1n) is 4.90. The van der Waals surface area contributed by atoms with Crippen LogP contribution in [0.3, 0.4) is 0 Å². The van der Waals surface area contributed by atoms with Crippen molar-refractivity contribution in [2.45, 2.75) is 25.3 Å². The summed E-state index contributed by atoms with van der Waals surface area (Å²) in [6, 6.07) is 5.80. The van der Waals surface area contributed by atoms with Crippen molar-refractivity contribution in [1.29, 1.82) is 0 Å². The zero-order valence-electron chi connectivity index (χ0n) is 8.38. The van der Waals surface area contributed by atoms with Crippen LogP contribution in [0.1, 0.15) is 18.4 Å². The van der Waals surface area contributed by atoms with Crippen LogP contribution in [0.5, 0.6) is 0 Å². The summed E-state index contributed by atoms with van der Waals surface area (Å²) in [5.74, 6) is 0. The molecule has 1 aromatic carbocycles. The number of benzene rings is 1. The minimum atomic E-state index is -0.0709. The predicted octanol–water partition coefficient (Wildman–Crippen LogP) is 1.51. The maximum Gasteiger partial charge on any atom is 0.0661 e. The largest absolute Gasteiger partial charge is 0.399 e. The van der Waals surface area contributed by atoms with Crippen LogP contribution < -0.4 is 11.1 Å². The molecule has 2 rings (SSSR count). The molecule has 1 saturated carbocycles. The Balaban J connectivity index is 2.20. The quantitative estimate of drug-likeness (QED) is 0.636. The highest BCUT2D eigenvalue weighted by molar-refractivity contribution is 5.61. The molecule has 0 radical (unpaired) electrons. The SMILES string of the molecule is Cc1ccc(N)cc1NC1(CO)CC1. The normalized spacial score (nSPS) is 17.9. The van der Waals surface area contributed by atoms with Crippen LogP contribution in [-0.2, 0) is 0 Å². The Morgan fingerprint density at radius 3 is 2.79 bits per heavy atom. The van der Waals surface area contributed by atoms with Gasteiger partial charge in [-0.15, -0.1) is 0 Å². The fourth-order valence-corrected chi connectivity index (χ4v) is 1.53. The smallest absolute Gasteiger partial charge is 0.0661 e. The van der Waals surface area contributed by atoms with Gasteiger partial charge in [0.25, 0.3) is 0 Å². The first-order chi connectivity index (χ1) is 6.65. The summed E-state index contributed by atoms with van der Waals surface area (Å²) in [6.07, 6.45) is 2.08. The lowest BCUT2D eigenvalue weighted by Crippen LogP contribution is -2.26. The first-order valence-corrected chi connectivity index (χ1v) is 4.90. The van der Waals surface area contributed by atoms with Gasteiger partial charge in [0.1, 0.15) is 0 Å². The van der Waals surface area contributed by atoms with Crippen LogP contribution in [0.15, 0.2) is 18.2 Å². The first kappa shape index (κ1) is 9.34. The molecule has 14 heavy (non-hydrogen) atoms. The molecule has 3 heteroatoms. The molecule has 0 bridgehead atoms. The molecular weight excluding hydrogens is 176 g/mol. The summed E-state index contributed by atoms with van der Waals surface area (Å²) < 4.78 is 0. The van der Waals surface area contributed by atoms with E-state index >= 15 is 0 Å². The van der Waals surface area contributed by atoms with Gasteiger partial charge in [-0.1, -0.05) is 6.07 Å². The van der Waals surface area contributed by atoms with E-state index in [1.54, 1.807) is 0 Å². The number of rotatable bonds is 3. The molecule has 0 unspecified atom stereocenters. The van der Waals surface area contributed by atoms with E-state index in [-0.39, 0.29) is 12.1 Å². The van der Waals surface area contributed by atoms with E-state index in [1.807, 2.05) is 25.1 Å². The van der Waals surface area contributed by atoms with E-state index in [4.69, 9.17) is 5.73 Å². The van der Waals surface area contributed by atoms with Crippen LogP contribution in [0.4, 0.5) is 11.4 Å². The number of nitrogen functional groups attached to an aromatic ring is 1. The van der Waals surface area contributed by atoms with Gasteiger partial charge in [0.15, 0.2) is 0 Å². The van der Waals surface area contributed by atoms with Gasteiger partial charge in [-0.05, 0) is 37.5 Å². The van der Waals surface area contributed by atoms with E-state index in [1.165, 1.54) is 5.56 Å². The lowest BCUT2D eigenvalue weighted by molar-refractivity contribution is 0.266. The number of aliphatic hydroxyl groups is 1. The molecule has 76 valence electrons. The number of anilines is 2. The third-order valence-electron chi connectivity index (χ3n) is 2.82. The second-order valence-corrected chi connectivity index (χ2v) is 4.14. The van der Waals surface area contributed by atoms with E-state index in [2.05, 4.69) is 5.32 Å². The van der Waals surface area contributed by atoms with Crippen molar-refractivity contribution in [3.8, 4) is 0 Å². The standard InChI is InChI=1S/C11H16N2O/c1-8-2-3-9(12)6-10(8)13-11(7-14)4-5-11/h2-3,6,13-14H,4-5,7,12H2,1H3. The average molecular weight is 192 g/mol. The second-order valence-electron chi connectivity index (χ2n) is 4.14. The number of aliphatic hydroxyl groups excluding tert-OH is 1. The van der Waals surface area contributed by atoms with Crippen molar-refractivity contribution < 1.29 is 5.11 Å². The lowest BCUT2D eigenvalue weighted by Gasteiger charge is -2.18.